The lowest BCUT2D eigenvalue weighted by Gasteiger charge is -2.23. The van der Waals surface area contributed by atoms with Gasteiger partial charge in [-0.25, -0.2) is 0 Å². The highest BCUT2D eigenvalue weighted by molar-refractivity contribution is 5.93. The van der Waals surface area contributed by atoms with Gasteiger partial charge in [0, 0.05) is 23.5 Å². The summed E-state index contributed by atoms with van der Waals surface area (Å²) in [5.41, 5.74) is 3.54. The largest absolute Gasteiger partial charge is 0.481 e. The average molecular weight is 324 g/mol. The van der Waals surface area contributed by atoms with Gasteiger partial charge in [-0.05, 0) is 55.5 Å². The molecular weight excluding hydrogens is 304 g/mol. The third kappa shape index (κ3) is 3.45. The van der Waals surface area contributed by atoms with Crippen LogP contribution in [-0.4, -0.2) is 22.0 Å². The molecule has 124 valence electrons. The Hall–Kier alpha value is -2.69. The summed E-state index contributed by atoms with van der Waals surface area (Å²) in [5.74, 6) is -1.59. The Morgan fingerprint density at radius 1 is 1.29 bits per heavy atom. The fourth-order valence-corrected chi connectivity index (χ4v) is 3.06. The Morgan fingerprint density at radius 2 is 2.12 bits per heavy atom. The molecule has 0 fully saturated rings. The Balaban J connectivity index is 1.70. The number of pyridine rings is 1. The first kappa shape index (κ1) is 16.2. The zero-order chi connectivity index (χ0) is 17.1. The lowest BCUT2D eigenvalue weighted by atomic mass is 9.86. The third-order valence-corrected chi connectivity index (χ3v) is 4.58. The molecule has 2 aromatic rings. The van der Waals surface area contributed by atoms with E-state index >= 15 is 0 Å². The zero-order valence-electron chi connectivity index (χ0n) is 13.5. The number of aromatic nitrogens is 1. The van der Waals surface area contributed by atoms with Gasteiger partial charge in [0.15, 0.2) is 0 Å². The number of anilines is 1. The van der Waals surface area contributed by atoms with Crippen LogP contribution in [0.15, 0.2) is 42.6 Å². The van der Waals surface area contributed by atoms with Crippen LogP contribution in [0.2, 0.25) is 0 Å². The van der Waals surface area contributed by atoms with Crippen LogP contribution in [0, 0.1) is 5.92 Å². The van der Waals surface area contributed by atoms with E-state index < -0.39 is 11.9 Å². The third-order valence-electron chi connectivity index (χ3n) is 4.58. The monoisotopic (exact) mass is 324 g/mol. The van der Waals surface area contributed by atoms with Crippen molar-refractivity contribution in [1.82, 2.24) is 4.98 Å². The molecule has 1 aliphatic rings. The molecule has 1 heterocycles. The predicted octanol–water partition coefficient (Wildman–Crippen LogP) is 3.01. The van der Waals surface area contributed by atoms with Gasteiger partial charge in [0.1, 0.15) is 0 Å². The molecule has 0 bridgehead atoms. The molecule has 2 N–H and O–H groups in total. The maximum absolute atomic E-state index is 12.5. The van der Waals surface area contributed by atoms with Gasteiger partial charge in [-0.15, -0.1) is 0 Å². The standard InChI is InChI=1S/C19H20N2O3/c1-12(19(23)24)13-4-2-6-16(11-13)21-18(22)15-7-8-17-14(10-15)5-3-9-20-17/h2-6,9,11-12,15H,7-8,10H2,1H3,(H,21,22)(H,23,24). The van der Waals surface area contributed by atoms with Crippen LogP contribution in [0.25, 0.3) is 0 Å². The Labute approximate surface area is 140 Å². The molecule has 5 heteroatoms. The number of hydrogen-bond donors (Lipinski definition) is 2. The predicted molar refractivity (Wildman–Crippen MR) is 90.9 cm³/mol. The van der Waals surface area contributed by atoms with Gasteiger partial charge in [-0.1, -0.05) is 18.2 Å². The Kier molecular flexibility index (Phi) is 4.60. The van der Waals surface area contributed by atoms with Crippen molar-refractivity contribution in [1.29, 1.82) is 0 Å². The number of amides is 1. The smallest absolute Gasteiger partial charge is 0.310 e. The van der Waals surface area contributed by atoms with E-state index in [4.69, 9.17) is 5.11 Å². The highest BCUT2D eigenvalue weighted by Crippen LogP contribution is 2.26. The molecule has 0 spiro atoms. The molecule has 0 saturated heterocycles. The summed E-state index contributed by atoms with van der Waals surface area (Å²) in [6, 6.07) is 11.0. The molecule has 1 aliphatic carbocycles. The van der Waals surface area contributed by atoms with E-state index in [1.165, 1.54) is 0 Å². The van der Waals surface area contributed by atoms with Crippen molar-refractivity contribution in [3.05, 3.63) is 59.4 Å². The fraction of sp³-hybridized carbons (Fsp3) is 0.316. The van der Waals surface area contributed by atoms with Crippen LogP contribution in [0.4, 0.5) is 5.69 Å². The number of nitrogens with zero attached hydrogens (tertiary/aromatic N) is 1. The SMILES string of the molecule is CC(C(=O)O)c1cccc(NC(=O)C2CCc3ncccc3C2)c1. The van der Waals surface area contributed by atoms with Crippen molar-refractivity contribution < 1.29 is 14.7 Å². The maximum Gasteiger partial charge on any atom is 0.310 e. The highest BCUT2D eigenvalue weighted by atomic mass is 16.4. The number of nitrogens with one attached hydrogen (secondary N) is 1. The summed E-state index contributed by atoms with van der Waals surface area (Å²) in [7, 11) is 0. The van der Waals surface area contributed by atoms with Gasteiger partial charge in [0.05, 0.1) is 5.92 Å². The first-order valence-corrected chi connectivity index (χ1v) is 8.11. The molecule has 0 aliphatic heterocycles. The molecule has 0 saturated carbocycles. The van der Waals surface area contributed by atoms with Gasteiger partial charge in [0.2, 0.25) is 5.91 Å². The summed E-state index contributed by atoms with van der Waals surface area (Å²) in [5, 5.41) is 12.0. The summed E-state index contributed by atoms with van der Waals surface area (Å²) in [4.78, 5) is 28.0. The number of carbonyl (C=O) groups excluding carboxylic acids is 1. The Bertz CT molecular complexity index is 773. The van der Waals surface area contributed by atoms with E-state index in [0.717, 1.165) is 24.1 Å². The van der Waals surface area contributed by atoms with Gasteiger partial charge in [-0.3, -0.25) is 14.6 Å². The molecule has 2 atom stereocenters. The van der Waals surface area contributed by atoms with Crippen LogP contribution in [0.1, 0.15) is 36.1 Å². The van der Waals surface area contributed by atoms with Gasteiger partial charge >= 0.3 is 5.97 Å². The number of hydrogen-bond acceptors (Lipinski definition) is 3. The number of rotatable bonds is 4. The van der Waals surface area contributed by atoms with E-state index in [-0.39, 0.29) is 11.8 Å². The first-order valence-electron chi connectivity index (χ1n) is 8.11. The molecule has 3 rings (SSSR count). The summed E-state index contributed by atoms with van der Waals surface area (Å²) in [6.45, 7) is 1.63. The number of aryl methyl sites for hydroxylation is 1. The molecule has 0 radical (unpaired) electrons. The minimum Gasteiger partial charge on any atom is -0.481 e. The van der Waals surface area contributed by atoms with E-state index in [1.54, 1.807) is 37.4 Å². The average Bonchev–Trinajstić information content (AvgIpc) is 2.60. The first-order chi connectivity index (χ1) is 11.5. The Morgan fingerprint density at radius 3 is 2.92 bits per heavy atom. The van der Waals surface area contributed by atoms with E-state index in [0.29, 0.717) is 17.7 Å². The van der Waals surface area contributed by atoms with Crippen molar-refractivity contribution in [2.45, 2.75) is 32.1 Å². The minimum absolute atomic E-state index is 0.0235. The van der Waals surface area contributed by atoms with Crippen LogP contribution in [-0.2, 0) is 22.4 Å². The van der Waals surface area contributed by atoms with E-state index in [1.807, 2.05) is 12.1 Å². The number of carbonyl (C=O) groups is 2. The van der Waals surface area contributed by atoms with Crippen LogP contribution < -0.4 is 5.32 Å². The van der Waals surface area contributed by atoms with Crippen LogP contribution in [0.5, 0.6) is 0 Å². The molecule has 2 unspecified atom stereocenters. The zero-order valence-corrected chi connectivity index (χ0v) is 13.5. The number of carboxylic acids is 1. The van der Waals surface area contributed by atoms with E-state index in [9.17, 15) is 9.59 Å². The topological polar surface area (TPSA) is 79.3 Å². The summed E-state index contributed by atoms with van der Waals surface area (Å²) < 4.78 is 0. The lowest BCUT2D eigenvalue weighted by Crippen LogP contribution is -2.28. The molecule has 24 heavy (non-hydrogen) atoms. The minimum atomic E-state index is -0.880. The van der Waals surface area contributed by atoms with Gasteiger partial charge in [0.25, 0.3) is 0 Å². The second-order valence-corrected chi connectivity index (χ2v) is 6.22. The van der Waals surface area contributed by atoms with Crippen molar-refractivity contribution in [2.75, 3.05) is 5.32 Å². The quantitative estimate of drug-likeness (QED) is 0.906. The lowest BCUT2D eigenvalue weighted by molar-refractivity contribution is -0.138. The van der Waals surface area contributed by atoms with Gasteiger partial charge in [-0.2, -0.15) is 0 Å². The maximum atomic E-state index is 12.5. The normalized spacial score (nSPS) is 17.6. The second kappa shape index (κ2) is 6.83. The van der Waals surface area contributed by atoms with Crippen molar-refractivity contribution >= 4 is 17.6 Å². The molecular formula is C19H20N2O3. The van der Waals surface area contributed by atoms with E-state index in [2.05, 4.69) is 10.3 Å². The van der Waals surface area contributed by atoms with Crippen molar-refractivity contribution in [2.24, 2.45) is 5.92 Å². The second-order valence-electron chi connectivity index (χ2n) is 6.22. The summed E-state index contributed by atoms with van der Waals surface area (Å²) >= 11 is 0. The van der Waals surface area contributed by atoms with Crippen molar-refractivity contribution in [3.63, 3.8) is 0 Å². The van der Waals surface area contributed by atoms with Crippen LogP contribution >= 0.6 is 0 Å². The molecule has 1 aromatic carbocycles. The van der Waals surface area contributed by atoms with Crippen molar-refractivity contribution in [3.8, 4) is 0 Å². The molecule has 5 nitrogen and oxygen atoms in total. The number of benzene rings is 1. The summed E-state index contributed by atoms with van der Waals surface area (Å²) in [6.07, 6.45) is 4.07. The van der Waals surface area contributed by atoms with Gasteiger partial charge < -0.3 is 10.4 Å². The number of carboxylic acid groups (broad SMARTS) is 1. The number of fused-ring (bicyclic) bond motifs is 1. The molecule has 1 aromatic heterocycles. The van der Waals surface area contributed by atoms with Crippen LogP contribution in [0.3, 0.4) is 0 Å². The fourth-order valence-electron chi connectivity index (χ4n) is 3.06. The highest BCUT2D eigenvalue weighted by Gasteiger charge is 2.25. The number of aliphatic carboxylic acids is 1. The molecule has 1 amide bonds.